The molecule has 14 aliphatic rings. The van der Waals surface area contributed by atoms with Crippen molar-refractivity contribution in [3.05, 3.63) is 104 Å². The van der Waals surface area contributed by atoms with Gasteiger partial charge < -0.3 is 0 Å². The van der Waals surface area contributed by atoms with E-state index in [4.69, 9.17) is 7.85 Å². The average Bonchev–Trinajstić information content (AvgIpc) is 3.70. The second kappa shape index (κ2) is 8.11. The van der Waals surface area contributed by atoms with Crippen LogP contribution in [-0.2, 0) is 0 Å². The molecule has 0 heterocycles. The van der Waals surface area contributed by atoms with E-state index in [1.54, 1.807) is 18.4 Å². The van der Waals surface area contributed by atoms with Gasteiger partial charge in [0, 0.05) is 26.7 Å². The van der Waals surface area contributed by atoms with Crippen LogP contribution in [0.5, 0.6) is 0 Å². The van der Waals surface area contributed by atoms with Crippen LogP contribution in [0.4, 0.5) is 0 Å². The number of fused-ring (bicyclic) bond motifs is 37. The number of hydrogen-bond acceptors (Lipinski definition) is 2. The summed E-state index contributed by atoms with van der Waals surface area (Å²) in [6.07, 6.45) is 4.40. The van der Waals surface area contributed by atoms with Crippen LogP contribution in [-0.4, -0.2) is 19.4 Å². The highest BCUT2D eigenvalue weighted by Crippen LogP contribution is 2.97. The maximum absolute atomic E-state index is 13.9. The van der Waals surface area contributed by atoms with Crippen LogP contribution >= 0.6 is 15.9 Å². The zero-order valence-corrected chi connectivity index (χ0v) is 31.8. The minimum Gasteiger partial charge on any atom is -0.289 e. The SMILES string of the molecule is [B]c1ccc2c(c1)C(=O)c1cc3c(cc1-2)/C(=C1/CC2C1C1C2C2C1C1C2C2C4C5C6C7C8CCC8C7C6C5C4C12)c1cc2c(cc1-3)C(=O)c1cc(Br)ccc1-2. The smallest absolute Gasteiger partial charge is 0.194 e. The largest absolute Gasteiger partial charge is 0.289 e. The minimum absolute atomic E-state index is 0.0621. The lowest BCUT2D eigenvalue weighted by molar-refractivity contribution is -0.503. The van der Waals surface area contributed by atoms with E-state index in [0.29, 0.717) is 11.0 Å². The Labute approximate surface area is 329 Å². The second-order valence-electron chi connectivity index (χ2n) is 21.5. The van der Waals surface area contributed by atoms with Crippen LogP contribution in [0, 0.1) is 118 Å². The van der Waals surface area contributed by atoms with Crippen LogP contribution in [0.3, 0.4) is 0 Å². The average molecular weight is 772 g/mol. The van der Waals surface area contributed by atoms with Gasteiger partial charge in [-0.1, -0.05) is 51.2 Å². The maximum Gasteiger partial charge on any atom is 0.194 e. The molecular weight excluding hydrogens is 735 g/mol. The molecule has 2 radical (unpaired) electrons. The molecule has 0 bridgehead atoms. The fourth-order valence-electron chi connectivity index (χ4n) is 20.0. The summed E-state index contributed by atoms with van der Waals surface area (Å²) >= 11 is 3.62. The number of carbonyl (C=O) groups excluding carboxylic acids is 2. The molecule has 14 aliphatic carbocycles. The molecule has 20 atom stereocenters. The van der Waals surface area contributed by atoms with E-state index in [9.17, 15) is 9.59 Å². The third kappa shape index (κ3) is 2.47. The summed E-state index contributed by atoms with van der Waals surface area (Å²) < 4.78 is 0.936. The Hall–Kier alpha value is -3.50. The van der Waals surface area contributed by atoms with Gasteiger partial charge in [0.25, 0.3) is 0 Å². The zero-order chi connectivity index (χ0) is 35.1. The summed E-state index contributed by atoms with van der Waals surface area (Å²) in [5.41, 5.74) is 15.8. The zero-order valence-electron chi connectivity index (χ0n) is 30.2. The summed E-state index contributed by atoms with van der Waals surface area (Å²) in [5, 5.41) is 0. The van der Waals surface area contributed by atoms with Gasteiger partial charge in [0.2, 0.25) is 0 Å². The Morgan fingerprint density at radius 2 is 0.836 bits per heavy atom. The van der Waals surface area contributed by atoms with Gasteiger partial charge in [-0.05, 0) is 224 Å². The topological polar surface area (TPSA) is 34.1 Å². The van der Waals surface area contributed by atoms with Crippen LogP contribution in [0.2, 0.25) is 0 Å². The predicted octanol–water partition coefficient (Wildman–Crippen LogP) is 9.09. The third-order valence-electron chi connectivity index (χ3n) is 21.4. The van der Waals surface area contributed by atoms with Gasteiger partial charge in [0.1, 0.15) is 7.85 Å². The molecule has 0 spiro atoms. The molecule has 55 heavy (non-hydrogen) atoms. The summed E-state index contributed by atoms with van der Waals surface area (Å²) in [4.78, 5) is 27.8. The Kier molecular flexibility index (Phi) is 4.13. The van der Waals surface area contributed by atoms with Gasteiger partial charge in [0.15, 0.2) is 11.6 Å². The molecule has 0 aliphatic heterocycles. The van der Waals surface area contributed by atoms with Gasteiger partial charge in [0.05, 0.1) is 0 Å². The van der Waals surface area contributed by atoms with Crippen molar-refractivity contribution in [3.63, 3.8) is 0 Å². The third-order valence-corrected chi connectivity index (χ3v) is 21.9. The summed E-state index contributed by atoms with van der Waals surface area (Å²) in [7, 11) is 6.20. The van der Waals surface area contributed by atoms with Gasteiger partial charge >= 0.3 is 0 Å². The fraction of sp³-hybridized carbons (Fsp3) is 0.451. The van der Waals surface area contributed by atoms with Crippen LogP contribution < -0.4 is 5.46 Å². The van der Waals surface area contributed by atoms with E-state index < -0.39 is 0 Å². The Morgan fingerprint density at radius 3 is 1.38 bits per heavy atom. The number of hydrogen-bond donors (Lipinski definition) is 0. The first-order chi connectivity index (χ1) is 27.0. The molecular formula is C51H36BBrO2. The van der Waals surface area contributed by atoms with Crippen LogP contribution in [0.15, 0.2) is 70.7 Å². The molecule has 4 aromatic carbocycles. The molecule has 0 amide bonds. The standard InChI is InChI=1S/C51H36BBrO2/c52-14-1-3-16-20-9-24-22(11-28(20)50(54)26(16)7-14)23-12-29-21(17-4-2-15(53)8-27(17)51(29)55)10-25(23)32(24)30-13-31-33(30)37-36(31)40-41(37)45-44(40)48-46-42-38-34-18-5-6-19(18)35(34)39(38)43(42)47(46)49(45)48/h1-4,7-12,18-19,31,33-49H,5-6,13H2/b32-30+. The number of rotatable bonds is 0. The number of halogens is 1. The van der Waals surface area contributed by atoms with Crippen molar-refractivity contribution in [1.82, 2.24) is 0 Å². The summed E-state index contributed by atoms with van der Waals surface area (Å²) in [6, 6.07) is 21.0. The number of ketones is 2. The molecule has 0 saturated heterocycles. The Balaban J connectivity index is 0.748. The quantitative estimate of drug-likeness (QED) is 0.114. The molecule has 262 valence electrons. The van der Waals surface area contributed by atoms with E-state index in [-0.39, 0.29) is 11.6 Å². The van der Waals surface area contributed by atoms with Gasteiger partial charge in [-0.3, -0.25) is 9.59 Å². The molecule has 18 rings (SSSR count). The first-order valence-electron chi connectivity index (χ1n) is 21.9. The Bertz CT molecular complexity index is 2700. The molecule has 2 nitrogen and oxygen atoms in total. The lowest BCUT2D eigenvalue weighted by Gasteiger charge is -2.97. The van der Waals surface area contributed by atoms with Crippen molar-refractivity contribution in [1.29, 1.82) is 0 Å². The van der Waals surface area contributed by atoms with Crippen molar-refractivity contribution in [2.75, 3.05) is 0 Å². The normalized spacial score (nSPS) is 50.7. The molecule has 11 saturated carbocycles. The van der Waals surface area contributed by atoms with E-state index in [1.165, 1.54) is 76.4 Å². The monoisotopic (exact) mass is 770 g/mol. The highest BCUT2D eigenvalue weighted by atomic mass is 79.9. The van der Waals surface area contributed by atoms with E-state index in [1.807, 2.05) is 24.3 Å². The first-order valence-corrected chi connectivity index (χ1v) is 22.7. The summed E-state index contributed by atoms with van der Waals surface area (Å²) in [6.45, 7) is 0. The first kappa shape index (κ1) is 28.0. The fourth-order valence-corrected chi connectivity index (χ4v) is 20.4. The lowest BCUT2D eigenvalue weighted by atomic mass is 9.07. The number of allylic oxidation sites excluding steroid dienone is 1. The van der Waals surface area contributed by atoms with E-state index in [0.717, 1.165) is 120 Å². The molecule has 4 aromatic rings. The number of carbonyl (C=O) groups is 2. The van der Waals surface area contributed by atoms with Crippen molar-refractivity contribution in [3.8, 4) is 33.4 Å². The van der Waals surface area contributed by atoms with Gasteiger partial charge in [-0.2, -0.15) is 0 Å². The van der Waals surface area contributed by atoms with Crippen LogP contribution in [0.1, 0.15) is 62.2 Å². The Morgan fingerprint density at radius 1 is 0.418 bits per heavy atom. The van der Waals surface area contributed by atoms with Crippen molar-refractivity contribution >= 4 is 46.4 Å². The lowest BCUT2D eigenvalue weighted by Crippen LogP contribution is -2.94. The molecule has 11 fully saturated rings. The van der Waals surface area contributed by atoms with Crippen molar-refractivity contribution < 1.29 is 9.59 Å². The number of benzene rings is 4. The summed E-state index contributed by atoms with van der Waals surface area (Å²) in [5.74, 6) is 22.1. The van der Waals surface area contributed by atoms with Crippen molar-refractivity contribution in [2.45, 2.75) is 19.3 Å². The van der Waals surface area contributed by atoms with Crippen LogP contribution in [0.25, 0.3) is 39.0 Å². The molecule has 20 unspecified atom stereocenters. The molecule has 4 heteroatoms. The van der Waals surface area contributed by atoms with E-state index >= 15 is 0 Å². The second-order valence-corrected chi connectivity index (χ2v) is 22.4. The van der Waals surface area contributed by atoms with E-state index in [2.05, 4.69) is 52.3 Å². The highest BCUT2D eigenvalue weighted by molar-refractivity contribution is 9.10. The molecule has 0 aromatic heterocycles. The highest BCUT2D eigenvalue weighted by Gasteiger charge is 2.93. The van der Waals surface area contributed by atoms with Crippen molar-refractivity contribution in [2.24, 2.45) is 118 Å². The molecule has 0 N–H and O–H groups in total. The van der Waals surface area contributed by atoms with Gasteiger partial charge in [-0.15, -0.1) is 0 Å². The van der Waals surface area contributed by atoms with Gasteiger partial charge in [-0.25, -0.2) is 0 Å². The minimum atomic E-state index is 0.0621. The predicted molar refractivity (Wildman–Crippen MR) is 212 cm³/mol. The maximum atomic E-state index is 13.9.